The number of hydrogen-bond acceptors (Lipinski definition) is 1. The van der Waals surface area contributed by atoms with E-state index in [4.69, 9.17) is 0 Å². The van der Waals surface area contributed by atoms with Crippen molar-refractivity contribution in [1.82, 2.24) is 0 Å². The van der Waals surface area contributed by atoms with Crippen LogP contribution in [-0.2, 0) is 0 Å². The Morgan fingerprint density at radius 3 is 1.37 bits per heavy atom. The number of benzene rings is 10. The molecule has 0 aliphatic carbocycles. The van der Waals surface area contributed by atoms with Crippen molar-refractivity contribution in [2.75, 3.05) is 4.90 Å². The van der Waals surface area contributed by atoms with E-state index in [-0.39, 0.29) is 0 Å². The number of fused-ring (bicyclic) bond motifs is 2. The van der Waals surface area contributed by atoms with E-state index in [1.165, 1.54) is 77.2 Å². The van der Waals surface area contributed by atoms with Crippen molar-refractivity contribution < 1.29 is 0 Å². The molecule has 0 amide bonds. The van der Waals surface area contributed by atoms with E-state index in [0.29, 0.717) is 0 Å². The Hall–Kier alpha value is -7.48. The molecule has 0 radical (unpaired) electrons. The van der Waals surface area contributed by atoms with Crippen molar-refractivity contribution in [2.45, 2.75) is 0 Å². The average Bonchev–Trinajstić information content (AvgIpc) is 3.30. The third-order valence-corrected chi connectivity index (χ3v) is 11.1. The van der Waals surface area contributed by atoms with Gasteiger partial charge in [-0.15, -0.1) is 0 Å². The van der Waals surface area contributed by atoms with Gasteiger partial charge in [-0.1, -0.05) is 200 Å². The molecule has 0 saturated heterocycles. The molecule has 1 nitrogen and oxygen atoms in total. The van der Waals surface area contributed by atoms with Crippen molar-refractivity contribution in [1.29, 1.82) is 0 Å². The topological polar surface area (TPSA) is 3.24 Å². The van der Waals surface area contributed by atoms with Gasteiger partial charge in [-0.2, -0.15) is 0 Å². The molecule has 0 N–H and O–H groups in total. The molecule has 0 unspecified atom stereocenters. The van der Waals surface area contributed by atoms with E-state index in [0.717, 1.165) is 17.1 Å². The van der Waals surface area contributed by atoms with Gasteiger partial charge in [0.1, 0.15) is 0 Å². The van der Waals surface area contributed by atoms with Crippen molar-refractivity contribution >= 4 is 38.6 Å². The first-order valence-corrected chi connectivity index (χ1v) is 19.6. The SMILES string of the molecule is c1ccc(-c2ccc(N(c3ccc(-c4ccc(-c5cccc6ccccc56)c(-c5ccccc5)c4)cc3)c3cccc4ccccc34)cc2-c2ccccc2)cc1. The van der Waals surface area contributed by atoms with Crippen LogP contribution in [0.15, 0.2) is 237 Å². The highest BCUT2D eigenvalue weighted by Crippen LogP contribution is 2.44. The van der Waals surface area contributed by atoms with Crippen molar-refractivity contribution in [3.05, 3.63) is 237 Å². The first-order chi connectivity index (χ1) is 28.3. The number of nitrogens with zero attached hydrogens (tertiary/aromatic N) is 1. The summed E-state index contributed by atoms with van der Waals surface area (Å²) in [6.45, 7) is 0. The molecule has 0 atom stereocenters. The van der Waals surface area contributed by atoms with Gasteiger partial charge in [0.2, 0.25) is 0 Å². The van der Waals surface area contributed by atoms with E-state index in [1.807, 2.05) is 0 Å². The van der Waals surface area contributed by atoms with Crippen LogP contribution < -0.4 is 4.90 Å². The van der Waals surface area contributed by atoms with Crippen LogP contribution in [0.1, 0.15) is 0 Å². The lowest BCUT2D eigenvalue weighted by Crippen LogP contribution is -2.10. The normalized spacial score (nSPS) is 11.2. The smallest absolute Gasteiger partial charge is 0.0540 e. The quantitative estimate of drug-likeness (QED) is 0.151. The highest BCUT2D eigenvalue weighted by Gasteiger charge is 2.19. The molecule has 0 fully saturated rings. The van der Waals surface area contributed by atoms with Crippen LogP contribution in [0.3, 0.4) is 0 Å². The predicted octanol–water partition coefficient (Wildman–Crippen LogP) is 15.8. The summed E-state index contributed by atoms with van der Waals surface area (Å²) in [6, 6.07) is 85.6. The van der Waals surface area contributed by atoms with Crippen LogP contribution in [0.4, 0.5) is 17.1 Å². The molecule has 0 saturated carbocycles. The molecule has 0 heterocycles. The molecule has 10 aromatic carbocycles. The monoisotopic (exact) mass is 725 g/mol. The second-order valence-electron chi connectivity index (χ2n) is 14.5. The van der Waals surface area contributed by atoms with Crippen LogP contribution >= 0.6 is 0 Å². The summed E-state index contributed by atoms with van der Waals surface area (Å²) in [6.07, 6.45) is 0. The number of rotatable bonds is 8. The van der Waals surface area contributed by atoms with Gasteiger partial charge in [-0.05, 0) is 108 Å². The molecule has 57 heavy (non-hydrogen) atoms. The van der Waals surface area contributed by atoms with Crippen LogP contribution in [0.25, 0.3) is 77.2 Å². The van der Waals surface area contributed by atoms with Crippen molar-refractivity contribution in [2.24, 2.45) is 0 Å². The summed E-state index contributed by atoms with van der Waals surface area (Å²) in [4.78, 5) is 2.41. The second-order valence-corrected chi connectivity index (χ2v) is 14.5. The van der Waals surface area contributed by atoms with Gasteiger partial charge in [0.25, 0.3) is 0 Å². The Balaban J connectivity index is 1.11. The highest BCUT2D eigenvalue weighted by molar-refractivity contribution is 6.02. The second kappa shape index (κ2) is 15.0. The highest BCUT2D eigenvalue weighted by atomic mass is 15.1. The molecule has 268 valence electrons. The zero-order valence-corrected chi connectivity index (χ0v) is 31.5. The fourth-order valence-electron chi connectivity index (χ4n) is 8.31. The van der Waals surface area contributed by atoms with Gasteiger partial charge in [-0.25, -0.2) is 0 Å². The largest absolute Gasteiger partial charge is 0.310 e. The van der Waals surface area contributed by atoms with E-state index in [2.05, 4.69) is 241 Å². The van der Waals surface area contributed by atoms with E-state index < -0.39 is 0 Å². The molecule has 10 aromatic rings. The molecule has 0 bridgehead atoms. The first-order valence-electron chi connectivity index (χ1n) is 19.6. The maximum absolute atomic E-state index is 2.41. The summed E-state index contributed by atoms with van der Waals surface area (Å²) in [5.41, 5.74) is 15.4. The molecule has 0 spiro atoms. The van der Waals surface area contributed by atoms with Crippen LogP contribution in [0.2, 0.25) is 0 Å². The van der Waals surface area contributed by atoms with E-state index >= 15 is 0 Å². The summed E-state index contributed by atoms with van der Waals surface area (Å²) >= 11 is 0. The Morgan fingerprint density at radius 1 is 0.228 bits per heavy atom. The van der Waals surface area contributed by atoms with Gasteiger partial charge >= 0.3 is 0 Å². The third-order valence-electron chi connectivity index (χ3n) is 11.1. The minimum atomic E-state index is 1.09. The molecular formula is C56H39N. The van der Waals surface area contributed by atoms with Gasteiger partial charge in [0.05, 0.1) is 5.69 Å². The molecule has 1 heteroatoms. The fourth-order valence-corrected chi connectivity index (χ4v) is 8.31. The van der Waals surface area contributed by atoms with Crippen LogP contribution in [0, 0.1) is 0 Å². The lowest BCUT2D eigenvalue weighted by molar-refractivity contribution is 1.30. The van der Waals surface area contributed by atoms with E-state index in [1.54, 1.807) is 0 Å². The van der Waals surface area contributed by atoms with Crippen LogP contribution in [-0.4, -0.2) is 0 Å². The molecule has 0 aromatic heterocycles. The maximum atomic E-state index is 2.41. The van der Waals surface area contributed by atoms with Crippen molar-refractivity contribution in [3.8, 4) is 55.6 Å². The maximum Gasteiger partial charge on any atom is 0.0540 e. The van der Waals surface area contributed by atoms with Crippen molar-refractivity contribution in [3.63, 3.8) is 0 Å². The fraction of sp³-hybridized carbons (Fsp3) is 0. The summed E-state index contributed by atoms with van der Waals surface area (Å²) in [5, 5.41) is 4.92. The molecule has 0 aliphatic rings. The summed E-state index contributed by atoms with van der Waals surface area (Å²) in [5.74, 6) is 0. The molecular weight excluding hydrogens is 687 g/mol. The standard InChI is InChI=1S/C56H39N/c1-4-16-41(17-5-1)50-37-35-48(39-55(50)45-20-8-3-9-21-45)57(56-29-15-25-43-23-11-13-27-51(43)56)47-33-30-40(31-34-47)46-32-36-53(54(38-46)44-18-6-2-7-19-44)52-28-14-24-42-22-10-12-26-49(42)52/h1-39H. The first kappa shape index (κ1) is 34.0. The Morgan fingerprint density at radius 2 is 0.702 bits per heavy atom. The minimum absolute atomic E-state index is 1.09. The lowest BCUT2D eigenvalue weighted by atomic mass is 9.89. The van der Waals surface area contributed by atoms with Gasteiger partial charge in [-0.3, -0.25) is 0 Å². The third kappa shape index (κ3) is 6.56. The minimum Gasteiger partial charge on any atom is -0.310 e. The van der Waals surface area contributed by atoms with E-state index in [9.17, 15) is 0 Å². The van der Waals surface area contributed by atoms with Crippen LogP contribution in [0.5, 0.6) is 0 Å². The zero-order valence-electron chi connectivity index (χ0n) is 31.5. The Kier molecular flexibility index (Phi) is 8.95. The van der Waals surface area contributed by atoms with Gasteiger partial charge in [0.15, 0.2) is 0 Å². The molecule has 0 aliphatic heterocycles. The summed E-state index contributed by atoms with van der Waals surface area (Å²) < 4.78 is 0. The molecule has 10 rings (SSSR count). The lowest BCUT2D eigenvalue weighted by Gasteiger charge is -2.28. The summed E-state index contributed by atoms with van der Waals surface area (Å²) in [7, 11) is 0. The number of anilines is 3. The van der Waals surface area contributed by atoms with Gasteiger partial charge < -0.3 is 4.90 Å². The Bertz CT molecular complexity index is 2980. The Labute approximate surface area is 334 Å². The zero-order chi connectivity index (χ0) is 38.0. The average molecular weight is 726 g/mol. The number of hydrogen-bond donors (Lipinski definition) is 0. The predicted molar refractivity (Wildman–Crippen MR) is 243 cm³/mol. The van der Waals surface area contributed by atoms with Gasteiger partial charge in [0, 0.05) is 16.8 Å².